The number of benzene rings is 1. The number of anilines is 1. The number of pyridine rings is 1. The number of imidazole rings is 1. The lowest BCUT2D eigenvalue weighted by Crippen LogP contribution is -2.12. The Labute approximate surface area is 128 Å². The molecule has 1 N–H and O–H groups in total. The molecule has 0 spiro atoms. The van der Waals surface area contributed by atoms with Crippen LogP contribution in [0.1, 0.15) is 16.1 Å². The van der Waals surface area contributed by atoms with Crippen molar-refractivity contribution >= 4 is 33.2 Å². The van der Waals surface area contributed by atoms with Crippen molar-refractivity contribution < 1.29 is 9.18 Å². The van der Waals surface area contributed by atoms with E-state index in [4.69, 9.17) is 0 Å². The van der Waals surface area contributed by atoms with Crippen LogP contribution in [-0.4, -0.2) is 15.3 Å². The topological polar surface area (TPSA) is 46.4 Å². The zero-order chi connectivity index (χ0) is 15.0. The molecule has 21 heavy (non-hydrogen) atoms. The highest BCUT2D eigenvalue weighted by molar-refractivity contribution is 9.10. The maximum Gasteiger partial charge on any atom is 0.275 e. The van der Waals surface area contributed by atoms with Crippen molar-refractivity contribution in [1.29, 1.82) is 0 Å². The van der Waals surface area contributed by atoms with Gasteiger partial charge in [-0.05, 0) is 52.7 Å². The first-order chi connectivity index (χ1) is 10.0. The Morgan fingerprint density at radius 1 is 1.29 bits per heavy atom. The van der Waals surface area contributed by atoms with Gasteiger partial charge in [0.05, 0.1) is 5.69 Å². The highest BCUT2D eigenvalue weighted by Gasteiger charge is 2.12. The molecule has 0 atom stereocenters. The fraction of sp³-hybridized carbons (Fsp3) is 0.0667. The molecule has 106 valence electrons. The minimum Gasteiger partial charge on any atom is -0.320 e. The van der Waals surface area contributed by atoms with Crippen molar-refractivity contribution in [2.45, 2.75) is 6.92 Å². The highest BCUT2D eigenvalue weighted by Crippen LogP contribution is 2.23. The molecule has 2 aromatic heterocycles. The van der Waals surface area contributed by atoms with Crippen LogP contribution in [0.15, 0.2) is 47.2 Å². The summed E-state index contributed by atoms with van der Waals surface area (Å²) in [6.45, 7) is 1.97. The number of nitrogens with zero attached hydrogens (tertiary/aromatic N) is 2. The maximum absolute atomic E-state index is 13.1. The lowest BCUT2D eigenvalue weighted by atomic mass is 10.2. The maximum atomic E-state index is 13.1. The van der Waals surface area contributed by atoms with Crippen molar-refractivity contribution in [3.63, 3.8) is 0 Å². The van der Waals surface area contributed by atoms with Crippen LogP contribution in [0.5, 0.6) is 0 Å². The third kappa shape index (κ3) is 2.80. The van der Waals surface area contributed by atoms with Gasteiger partial charge in [-0.3, -0.25) is 4.79 Å². The van der Waals surface area contributed by atoms with Crippen LogP contribution >= 0.6 is 15.9 Å². The first-order valence-corrected chi connectivity index (χ1v) is 7.04. The molecule has 0 radical (unpaired) electrons. The predicted octanol–water partition coefficient (Wildman–Crippen LogP) is 3.80. The van der Waals surface area contributed by atoms with E-state index in [1.54, 1.807) is 0 Å². The largest absolute Gasteiger partial charge is 0.320 e. The number of fused-ring (bicyclic) bond motifs is 1. The molecular formula is C15H11BrFN3O. The summed E-state index contributed by atoms with van der Waals surface area (Å²) in [5, 5.41) is 2.77. The van der Waals surface area contributed by atoms with Gasteiger partial charge in [-0.25, -0.2) is 9.37 Å². The summed E-state index contributed by atoms with van der Waals surface area (Å²) >= 11 is 3.40. The normalized spacial score (nSPS) is 10.8. The number of hydrogen-bond donors (Lipinski definition) is 1. The Hall–Kier alpha value is -2.21. The second kappa shape index (κ2) is 5.29. The summed E-state index contributed by atoms with van der Waals surface area (Å²) in [7, 11) is 0. The predicted molar refractivity (Wildman–Crippen MR) is 82.0 cm³/mol. The summed E-state index contributed by atoms with van der Waals surface area (Å²) < 4.78 is 15.4. The quantitative estimate of drug-likeness (QED) is 0.766. The third-order valence-electron chi connectivity index (χ3n) is 3.02. The van der Waals surface area contributed by atoms with E-state index in [0.29, 0.717) is 11.3 Å². The molecule has 0 saturated heterocycles. The molecule has 1 amide bonds. The first-order valence-electron chi connectivity index (χ1n) is 6.25. The molecule has 3 aromatic rings. The molecule has 3 rings (SSSR count). The Bertz CT molecular complexity index is 844. The monoisotopic (exact) mass is 347 g/mol. The van der Waals surface area contributed by atoms with Crippen LogP contribution < -0.4 is 5.32 Å². The van der Waals surface area contributed by atoms with Crippen molar-refractivity contribution in [3.05, 3.63) is 64.3 Å². The molecule has 0 aliphatic carbocycles. The van der Waals surface area contributed by atoms with E-state index in [-0.39, 0.29) is 17.4 Å². The van der Waals surface area contributed by atoms with E-state index in [2.05, 4.69) is 26.2 Å². The number of halogens is 2. The van der Waals surface area contributed by atoms with Crippen LogP contribution in [0.3, 0.4) is 0 Å². The summed E-state index contributed by atoms with van der Waals surface area (Å²) in [4.78, 5) is 16.4. The Balaban J connectivity index is 1.89. The Morgan fingerprint density at radius 3 is 2.86 bits per heavy atom. The number of aryl methyl sites for hydroxylation is 1. The van der Waals surface area contributed by atoms with Gasteiger partial charge < -0.3 is 9.72 Å². The van der Waals surface area contributed by atoms with Gasteiger partial charge in [-0.2, -0.15) is 0 Å². The number of rotatable bonds is 2. The summed E-state index contributed by atoms with van der Waals surface area (Å²) in [6.07, 6.45) is 2.77. The van der Waals surface area contributed by atoms with Gasteiger partial charge in [-0.1, -0.05) is 6.07 Å². The zero-order valence-electron chi connectivity index (χ0n) is 11.1. The van der Waals surface area contributed by atoms with Crippen LogP contribution in [0.4, 0.5) is 10.1 Å². The smallest absolute Gasteiger partial charge is 0.275 e. The number of carbonyl (C=O) groups is 1. The fourth-order valence-electron chi connectivity index (χ4n) is 1.98. The summed E-state index contributed by atoms with van der Waals surface area (Å²) in [5.41, 5.74) is 2.49. The zero-order valence-corrected chi connectivity index (χ0v) is 12.7. The van der Waals surface area contributed by atoms with Crippen LogP contribution in [0, 0.1) is 12.7 Å². The molecular weight excluding hydrogens is 337 g/mol. The molecule has 0 bridgehead atoms. The summed E-state index contributed by atoms with van der Waals surface area (Å²) in [6, 6.07) is 8.45. The number of hydrogen-bond acceptors (Lipinski definition) is 2. The van der Waals surface area contributed by atoms with Crippen molar-refractivity contribution in [1.82, 2.24) is 9.38 Å². The van der Waals surface area contributed by atoms with Gasteiger partial charge in [-0.15, -0.1) is 0 Å². The molecule has 6 heteroatoms. The minimum absolute atomic E-state index is 0.230. The molecule has 4 nitrogen and oxygen atoms in total. The van der Waals surface area contributed by atoms with E-state index in [1.165, 1.54) is 28.9 Å². The Kier molecular flexibility index (Phi) is 3.47. The highest BCUT2D eigenvalue weighted by atomic mass is 79.9. The third-order valence-corrected chi connectivity index (χ3v) is 3.68. The lowest BCUT2D eigenvalue weighted by Gasteiger charge is -2.06. The van der Waals surface area contributed by atoms with Gasteiger partial charge in [0.2, 0.25) is 0 Å². The van der Waals surface area contributed by atoms with Crippen molar-refractivity contribution in [3.8, 4) is 0 Å². The van der Waals surface area contributed by atoms with Crippen LogP contribution in [0.2, 0.25) is 0 Å². The van der Waals surface area contributed by atoms with Gasteiger partial charge in [0.15, 0.2) is 0 Å². The second-order valence-corrected chi connectivity index (χ2v) is 5.53. The van der Waals surface area contributed by atoms with Crippen molar-refractivity contribution in [2.24, 2.45) is 0 Å². The number of amides is 1. The molecule has 0 aliphatic heterocycles. The van der Waals surface area contributed by atoms with E-state index in [0.717, 1.165) is 10.0 Å². The van der Waals surface area contributed by atoms with E-state index >= 15 is 0 Å². The van der Waals surface area contributed by atoms with Crippen LogP contribution in [-0.2, 0) is 0 Å². The number of aromatic nitrogens is 2. The Morgan fingerprint density at radius 2 is 2.10 bits per heavy atom. The second-order valence-electron chi connectivity index (χ2n) is 4.68. The number of nitrogens with one attached hydrogen (secondary N) is 1. The average molecular weight is 348 g/mol. The van der Waals surface area contributed by atoms with Gasteiger partial charge in [0.1, 0.15) is 17.2 Å². The minimum atomic E-state index is -0.381. The molecule has 0 fully saturated rings. The number of carbonyl (C=O) groups excluding carboxylic acids is 1. The van der Waals surface area contributed by atoms with Gasteiger partial charge in [0.25, 0.3) is 5.91 Å². The van der Waals surface area contributed by atoms with Crippen molar-refractivity contribution in [2.75, 3.05) is 5.32 Å². The molecule has 0 saturated carbocycles. The van der Waals surface area contributed by atoms with E-state index < -0.39 is 0 Å². The lowest BCUT2D eigenvalue weighted by molar-refractivity contribution is 0.102. The molecule has 0 unspecified atom stereocenters. The standard InChI is InChI=1S/C15H11BrFN3O/c1-9-2-4-12(11(16)6-9)19-15(21)13-8-20-7-10(17)3-5-14(20)18-13/h2-8H,1H3,(H,19,21). The molecule has 0 aliphatic rings. The first kappa shape index (κ1) is 13.8. The SMILES string of the molecule is Cc1ccc(NC(=O)c2cn3cc(F)ccc3n2)c(Br)c1. The molecule has 1 aromatic carbocycles. The van der Waals surface area contributed by atoms with E-state index in [9.17, 15) is 9.18 Å². The van der Waals surface area contributed by atoms with Crippen LogP contribution in [0.25, 0.3) is 5.65 Å². The fourth-order valence-corrected chi connectivity index (χ4v) is 2.57. The van der Waals surface area contributed by atoms with Gasteiger partial charge in [0, 0.05) is 16.9 Å². The average Bonchev–Trinajstić information content (AvgIpc) is 2.85. The van der Waals surface area contributed by atoms with Gasteiger partial charge >= 0.3 is 0 Å². The van der Waals surface area contributed by atoms with E-state index in [1.807, 2.05) is 25.1 Å². The summed E-state index contributed by atoms with van der Waals surface area (Å²) in [5.74, 6) is -0.725. The molecule has 2 heterocycles.